The number of nitriles is 1. The number of piperazine rings is 1. The molecule has 0 radical (unpaired) electrons. The van der Waals surface area contributed by atoms with Gasteiger partial charge < -0.3 is 10.2 Å². The number of nitrogens with one attached hydrogen (secondary N) is 1. The number of carbonyl (C=O) groups excluding carboxylic acids is 1. The van der Waals surface area contributed by atoms with Crippen LogP contribution >= 0.6 is 0 Å². The van der Waals surface area contributed by atoms with E-state index in [2.05, 4.69) is 21.2 Å². The van der Waals surface area contributed by atoms with E-state index in [-0.39, 0.29) is 5.91 Å². The Morgan fingerprint density at radius 2 is 1.92 bits per heavy atom. The van der Waals surface area contributed by atoms with Crippen LogP contribution in [0.4, 0.5) is 11.4 Å². The Kier molecular flexibility index (Phi) is 5.30. The Morgan fingerprint density at radius 1 is 1.15 bits per heavy atom. The largest absolute Gasteiger partial charge is 0.361 e. The molecule has 1 N–H and O–H groups in total. The highest BCUT2D eigenvalue weighted by atomic mass is 16.1. The minimum Gasteiger partial charge on any atom is -0.361 e. The zero-order valence-corrected chi connectivity index (χ0v) is 14.9. The van der Waals surface area contributed by atoms with Gasteiger partial charge >= 0.3 is 0 Å². The number of para-hydroxylation sites is 1. The van der Waals surface area contributed by atoms with E-state index in [1.54, 1.807) is 18.2 Å². The molecular formula is C20H21N5O. The van der Waals surface area contributed by atoms with E-state index < -0.39 is 0 Å². The Hall–Kier alpha value is -3.17. The van der Waals surface area contributed by atoms with Crippen molar-refractivity contribution in [3.05, 3.63) is 59.7 Å². The van der Waals surface area contributed by atoms with Gasteiger partial charge in [0.15, 0.2) is 0 Å². The maximum absolute atomic E-state index is 12.8. The highest BCUT2D eigenvalue weighted by molar-refractivity contribution is 6.08. The molecule has 26 heavy (non-hydrogen) atoms. The van der Waals surface area contributed by atoms with Gasteiger partial charge in [0.05, 0.1) is 29.4 Å². The quantitative estimate of drug-likeness (QED) is 0.927. The SMILES string of the molecule is CN1CCN(C)/C(=N\c2ccc(C#N)cc2C(=O)Nc2ccccc2)C1. The molecule has 6 heteroatoms. The van der Waals surface area contributed by atoms with Crippen molar-refractivity contribution < 1.29 is 4.79 Å². The van der Waals surface area contributed by atoms with Gasteiger partial charge in [-0.3, -0.25) is 9.69 Å². The normalized spacial score (nSPS) is 16.3. The molecule has 1 amide bonds. The van der Waals surface area contributed by atoms with E-state index in [1.165, 1.54) is 0 Å². The van der Waals surface area contributed by atoms with Crippen molar-refractivity contribution in [2.45, 2.75) is 0 Å². The Labute approximate surface area is 153 Å². The van der Waals surface area contributed by atoms with E-state index in [1.807, 2.05) is 44.4 Å². The molecule has 0 saturated carbocycles. The monoisotopic (exact) mass is 347 g/mol. The smallest absolute Gasteiger partial charge is 0.257 e. The maximum Gasteiger partial charge on any atom is 0.257 e. The molecule has 1 aliphatic rings. The molecule has 1 saturated heterocycles. The summed E-state index contributed by atoms with van der Waals surface area (Å²) in [4.78, 5) is 21.8. The van der Waals surface area contributed by atoms with Crippen LogP contribution in [0.1, 0.15) is 15.9 Å². The molecule has 132 valence electrons. The third-order valence-electron chi connectivity index (χ3n) is 4.32. The van der Waals surface area contributed by atoms with Gasteiger partial charge in [-0.05, 0) is 37.4 Å². The topological polar surface area (TPSA) is 71.7 Å². The number of hydrogen-bond donors (Lipinski definition) is 1. The van der Waals surface area contributed by atoms with Crippen molar-refractivity contribution in [2.75, 3.05) is 39.0 Å². The number of amidine groups is 1. The van der Waals surface area contributed by atoms with Crippen molar-refractivity contribution in [2.24, 2.45) is 4.99 Å². The Bertz CT molecular complexity index is 870. The molecule has 1 fully saturated rings. The van der Waals surface area contributed by atoms with Gasteiger partial charge in [-0.1, -0.05) is 18.2 Å². The van der Waals surface area contributed by atoms with Crippen LogP contribution in [0.25, 0.3) is 0 Å². The average Bonchev–Trinajstić information content (AvgIpc) is 2.65. The molecule has 2 aromatic carbocycles. The molecule has 6 nitrogen and oxygen atoms in total. The summed E-state index contributed by atoms with van der Waals surface area (Å²) in [5.74, 6) is 0.622. The average molecular weight is 347 g/mol. The minimum absolute atomic E-state index is 0.278. The van der Waals surface area contributed by atoms with Crippen molar-refractivity contribution in [1.82, 2.24) is 9.80 Å². The maximum atomic E-state index is 12.8. The standard InChI is InChI=1S/C20H21N5O/c1-24-10-11-25(2)19(14-24)23-18-9-8-15(13-21)12-17(18)20(26)22-16-6-4-3-5-7-16/h3-9,12H,10-11,14H2,1-2H3,(H,22,26)/b23-19-. The molecule has 0 unspecified atom stereocenters. The van der Waals surface area contributed by atoms with Crippen molar-refractivity contribution in [3.63, 3.8) is 0 Å². The van der Waals surface area contributed by atoms with Crippen LogP contribution in [0, 0.1) is 11.3 Å². The van der Waals surface area contributed by atoms with Crippen LogP contribution in [0.3, 0.4) is 0 Å². The van der Waals surface area contributed by atoms with Gasteiger partial charge in [-0.25, -0.2) is 4.99 Å². The van der Waals surface area contributed by atoms with E-state index in [0.29, 0.717) is 22.5 Å². The number of rotatable bonds is 3. The van der Waals surface area contributed by atoms with Crippen molar-refractivity contribution >= 4 is 23.1 Å². The fourth-order valence-electron chi connectivity index (χ4n) is 2.76. The van der Waals surface area contributed by atoms with E-state index >= 15 is 0 Å². The summed E-state index contributed by atoms with van der Waals surface area (Å²) < 4.78 is 0. The number of nitrogens with zero attached hydrogens (tertiary/aromatic N) is 4. The first-order valence-corrected chi connectivity index (χ1v) is 8.44. The fourth-order valence-corrected chi connectivity index (χ4v) is 2.76. The summed E-state index contributed by atoms with van der Waals surface area (Å²) in [6, 6.07) is 16.3. The first kappa shape index (κ1) is 17.6. The van der Waals surface area contributed by atoms with Crippen molar-refractivity contribution in [1.29, 1.82) is 5.26 Å². The first-order valence-electron chi connectivity index (χ1n) is 8.44. The lowest BCUT2D eigenvalue weighted by molar-refractivity contribution is 0.102. The van der Waals surface area contributed by atoms with Crippen LogP contribution in [0.15, 0.2) is 53.5 Å². The first-order chi connectivity index (χ1) is 12.6. The summed E-state index contributed by atoms with van der Waals surface area (Å²) in [6.45, 7) is 2.58. The van der Waals surface area contributed by atoms with Crippen LogP contribution in [-0.4, -0.2) is 55.3 Å². The number of benzene rings is 2. The highest BCUT2D eigenvalue weighted by Gasteiger charge is 2.19. The third kappa shape index (κ3) is 4.08. The Morgan fingerprint density at radius 3 is 2.65 bits per heavy atom. The van der Waals surface area contributed by atoms with E-state index in [4.69, 9.17) is 4.99 Å². The van der Waals surface area contributed by atoms with Gasteiger partial charge in [-0.2, -0.15) is 5.26 Å². The molecule has 0 bridgehead atoms. The molecule has 0 aliphatic carbocycles. The van der Waals surface area contributed by atoms with Gasteiger partial charge in [0.2, 0.25) is 0 Å². The molecule has 2 aromatic rings. The second-order valence-corrected chi connectivity index (χ2v) is 6.35. The van der Waals surface area contributed by atoms with Crippen LogP contribution in [-0.2, 0) is 0 Å². The zero-order valence-electron chi connectivity index (χ0n) is 14.9. The number of amides is 1. The summed E-state index contributed by atoms with van der Waals surface area (Å²) in [6.07, 6.45) is 0. The second-order valence-electron chi connectivity index (χ2n) is 6.35. The summed E-state index contributed by atoms with van der Waals surface area (Å²) >= 11 is 0. The van der Waals surface area contributed by atoms with Gasteiger partial charge in [0.1, 0.15) is 5.84 Å². The predicted molar refractivity (Wildman–Crippen MR) is 103 cm³/mol. The molecule has 0 aromatic heterocycles. The predicted octanol–water partition coefficient (Wildman–Crippen LogP) is 2.72. The lowest BCUT2D eigenvalue weighted by atomic mass is 10.1. The Balaban J connectivity index is 1.95. The minimum atomic E-state index is -0.278. The number of likely N-dealkylation sites (N-methyl/N-ethyl adjacent to an activating group) is 2. The van der Waals surface area contributed by atoms with E-state index in [0.717, 1.165) is 25.5 Å². The lowest BCUT2D eigenvalue weighted by Crippen LogP contribution is -2.46. The van der Waals surface area contributed by atoms with Gasteiger partial charge in [0, 0.05) is 25.8 Å². The summed E-state index contributed by atoms with van der Waals surface area (Å²) in [5.41, 5.74) is 2.09. The molecule has 0 atom stereocenters. The number of aliphatic imine (C=N–C) groups is 1. The van der Waals surface area contributed by atoms with Crippen LogP contribution in [0.5, 0.6) is 0 Å². The number of anilines is 1. The fraction of sp³-hybridized carbons (Fsp3) is 0.250. The molecular weight excluding hydrogens is 326 g/mol. The van der Waals surface area contributed by atoms with Gasteiger partial charge in [-0.15, -0.1) is 0 Å². The lowest BCUT2D eigenvalue weighted by Gasteiger charge is -2.32. The van der Waals surface area contributed by atoms with Crippen LogP contribution < -0.4 is 5.32 Å². The molecule has 1 aliphatic heterocycles. The van der Waals surface area contributed by atoms with Gasteiger partial charge in [0.25, 0.3) is 5.91 Å². The highest BCUT2D eigenvalue weighted by Crippen LogP contribution is 2.23. The molecule has 0 spiro atoms. The van der Waals surface area contributed by atoms with E-state index in [9.17, 15) is 10.1 Å². The number of hydrogen-bond acceptors (Lipinski definition) is 4. The third-order valence-corrected chi connectivity index (χ3v) is 4.32. The zero-order chi connectivity index (χ0) is 18.5. The van der Waals surface area contributed by atoms with Crippen LogP contribution in [0.2, 0.25) is 0 Å². The summed E-state index contributed by atoms with van der Waals surface area (Å²) in [7, 11) is 4.05. The molecule has 1 heterocycles. The van der Waals surface area contributed by atoms with Crippen molar-refractivity contribution in [3.8, 4) is 6.07 Å². The molecule has 3 rings (SSSR count). The summed E-state index contributed by atoms with van der Waals surface area (Å²) in [5, 5.41) is 12.1. The number of carbonyl (C=O) groups is 1. The second kappa shape index (κ2) is 7.81.